The number of hydrogen-bond acceptors (Lipinski definition) is 2. The van der Waals surface area contributed by atoms with Crippen LogP contribution in [-0.2, 0) is 4.79 Å². The first-order chi connectivity index (χ1) is 7.90. The van der Waals surface area contributed by atoms with Crippen molar-refractivity contribution in [1.29, 1.82) is 0 Å². The van der Waals surface area contributed by atoms with E-state index in [-0.39, 0.29) is 0 Å². The highest BCUT2D eigenvalue weighted by Gasteiger charge is 2.14. The number of rotatable bonds is 3. The second-order valence-electron chi connectivity index (χ2n) is 3.98. The molecule has 0 radical (unpaired) electrons. The minimum Gasteiger partial charge on any atom is -0.480 e. The number of aryl methyl sites for hydroxylation is 2. The maximum Gasteiger partial charge on any atom is 0.325 e. The topological polar surface area (TPSA) is 78.4 Å². The zero-order valence-electron chi connectivity index (χ0n) is 10.1. The summed E-state index contributed by atoms with van der Waals surface area (Å²) in [4.78, 5) is 22.0. The second-order valence-corrected chi connectivity index (χ2v) is 3.98. The number of carboxylic acid groups (broad SMARTS) is 1. The molecule has 17 heavy (non-hydrogen) atoms. The number of amides is 2. The molecule has 0 fully saturated rings. The average molecular weight is 236 g/mol. The van der Waals surface area contributed by atoms with Gasteiger partial charge in [-0.25, -0.2) is 4.79 Å². The Labute approximate surface area is 99.8 Å². The highest BCUT2D eigenvalue weighted by Crippen LogP contribution is 2.15. The molecule has 5 heteroatoms. The van der Waals surface area contributed by atoms with E-state index in [4.69, 9.17) is 5.11 Å². The van der Waals surface area contributed by atoms with Crippen molar-refractivity contribution in [1.82, 2.24) is 5.32 Å². The van der Waals surface area contributed by atoms with Crippen LogP contribution in [0.25, 0.3) is 0 Å². The van der Waals surface area contributed by atoms with Crippen LogP contribution in [-0.4, -0.2) is 23.1 Å². The summed E-state index contributed by atoms with van der Waals surface area (Å²) < 4.78 is 0. The number of carbonyl (C=O) groups excluding carboxylic acids is 1. The van der Waals surface area contributed by atoms with Crippen LogP contribution < -0.4 is 10.6 Å². The van der Waals surface area contributed by atoms with Crippen molar-refractivity contribution in [3.63, 3.8) is 0 Å². The number of urea groups is 1. The zero-order valence-corrected chi connectivity index (χ0v) is 10.1. The fourth-order valence-corrected chi connectivity index (χ4v) is 1.37. The maximum absolute atomic E-state index is 11.5. The summed E-state index contributed by atoms with van der Waals surface area (Å²) in [7, 11) is 0. The molecule has 3 N–H and O–H groups in total. The number of aliphatic carboxylic acids is 1. The third kappa shape index (κ3) is 3.79. The maximum atomic E-state index is 11.5. The molecular formula is C12H16N2O3. The van der Waals surface area contributed by atoms with Gasteiger partial charge in [-0.05, 0) is 32.4 Å². The molecule has 0 aromatic heterocycles. The Morgan fingerprint density at radius 2 is 1.94 bits per heavy atom. The third-order valence-corrected chi connectivity index (χ3v) is 2.35. The molecule has 1 aromatic rings. The Balaban J connectivity index is 2.65. The number of anilines is 1. The molecule has 0 spiro atoms. The molecule has 0 heterocycles. The van der Waals surface area contributed by atoms with Crippen molar-refractivity contribution >= 4 is 17.7 Å². The monoisotopic (exact) mass is 236 g/mol. The summed E-state index contributed by atoms with van der Waals surface area (Å²) in [5.74, 6) is -1.07. The van der Waals surface area contributed by atoms with E-state index < -0.39 is 18.0 Å². The van der Waals surface area contributed by atoms with Crippen molar-refractivity contribution in [3.8, 4) is 0 Å². The Bertz CT molecular complexity index is 443. The predicted molar refractivity (Wildman–Crippen MR) is 65.2 cm³/mol. The first kappa shape index (κ1) is 13.0. The fourth-order valence-electron chi connectivity index (χ4n) is 1.37. The van der Waals surface area contributed by atoms with E-state index in [0.717, 1.165) is 11.1 Å². The summed E-state index contributed by atoms with van der Waals surface area (Å²) in [6.07, 6.45) is 0. The molecule has 0 unspecified atom stereocenters. The van der Waals surface area contributed by atoms with Crippen molar-refractivity contribution in [3.05, 3.63) is 29.3 Å². The molecule has 0 bridgehead atoms. The van der Waals surface area contributed by atoms with Crippen LogP contribution in [0.2, 0.25) is 0 Å². The number of benzene rings is 1. The lowest BCUT2D eigenvalue weighted by Gasteiger charge is -2.12. The highest BCUT2D eigenvalue weighted by molar-refractivity contribution is 5.92. The van der Waals surface area contributed by atoms with Gasteiger partial charge < -0.3 is 15.7 Å². The Hall–Kier alpha value is -2.04. The van der Waals surface area contributed by atoms with Gasteiger partial charge in [0.2, 0.25) is 0 Å². The van der Waals surface area contributed by atoms with Gasteiger partial charge in [-0.15, -0.1) is 0 Å². The van der Waals surface area contributed by atoms with Crippen LogP contribution in [0, 0.1) is 13.8 Å². The Kier molecular flexibility index (Phi) is 4.09. The van der Waals surface area contributed by atoms with E-state index in [1.54, 1.807) is 6.07 Å². The molecule has 0 aliphatic rings. The molecule has 0 aliphatic carbocycles. The van der Waals surface area contributed by atoms with Gasteiger partial charge in [0.05, 0.1) is 0 Å². The lowest BCUT2D eigenvalue weighted by molar-refractivity contribution is -0.138. The lowest BCUT2D eigenvalue weighted by atomic mass is 10.1. The fraction of sp³-hybridized carbons (Fsp3) is 0.333. The van der Waals surface area contributed by atoms with Crippen molar-refractivity contribution in [2.45, 2.75) is 26.8 Å². The summed E-state index contributed by atoms with van der Waals surface area (Å²) in [6.45, 7) is 5.25. The zero-order chi connectivity index (χ0) is 13.0. The first-order valence-corrected chi connectivity index (χ1v) is 5.27. The normalized spacial score (nSPS) is 11.7. The first-order valence-electron chi connectivity index (χ1n) is 5.27. The van der Waals surface area contributed by atoms with Crippen LogP contribution in [0.3, 0.4) is 0 Å². The molecule has 0 aliphatic heterocycles. The highest BCUT2D eigenvalue weighted by atomic mass is 16.4. The van der Waals surface area contributed by atoms with Gasteiger partial charge in [-0.3, -0.25) is 4.79 Å². The molecule has 0 saturated carbocycles. The largest absolute Gasteiger partial charge is 0.480 e. The molecule has 5 nitrogen and oxygen atoms in total. The van der Waals surface area contributed by atoms with Gasteiger partial charge in [0.15, 0.2) is 0 Å². The minimum atomic E-state index is -1.07. The predicted octanol–water partition coefficient (Wildman–Crippen LogP) is 1.90. The van der Waals surface area contributed by atoms with Crippen LogP contribution in [0.15, 0.2) is 18.2 Å². The summed E-state index contributed by atoms with van der Waals surface area (Å²) >= 11 is 0. The number of hydrogen-bond donors (Lipinski definition) is 3. The molecule has 1 atom stereocenters. The number of carboxylic acids is 1. The molecule has 1 aromatic carbocycles. The molecule has 1 rings (SSSR count). The molecule has 92 valence electrons. The molecule has 2 amide bonds. The van der Waals surface area contributed by atoms with Crippen LogP contribution in [0.1, 0.15) is 18.1 Å². The summed E-state index contributed by atoms with van der Waals surface area (Å²) in [5, 5.41) is 13.6. The molecule has 0 saturated heterocycles. The van der Waals surface area contributed by atoms with E-state index in [0.29, 0.717) is 5.69 Å². The van der Waals surface area contributed by atoms with Gasteiger partial charge in [0, 0.05) is 5.69 Å². The average Bonchev–Trinajstić information content (AvgIpc) is 2.22. The van der Waals surface area contributed by atoms with Gasteiger partial charge >= 0.3 is 12.0 Å². The number of carbonyl (C=O) groups is 2. The number of nitrogens with one attached hydrogen (secondary N) is 2. The summed E-state index contributed by atoms with van der Waals surface area (Å²) in [5.41, 5.74) is 2.71. The second kappa shape index (κ2) is 5.34. The summed E-state index contributed by atoms with van der Waals surface area (Å²) in [6, 6.07) is 4.17. The quantitative estimate of drug-likeness (QED) is 0.750. The van der Waals surface area contributed by atoms with Crippen molar-refractivity contribution in [2.75, 3.05) is 5.32 Å². The van der Waals surface area contributed by atoms with Crippen molar-refractivity contribution < 1.29 is 14.7 Å². The van der Waals surface area contributed by atoms with Gasteiger partial charge in [-0.1, -0.05) is 17.7 Å². The third-order valence-electron chi connectivity index (χ3n) is 2.35. The van der Waals surface area contributed by atoms with Crippen LogP contribution >= 0.6 is 0 Å². The Morgan fingerprint density at radius 3 is 2.47 bits per heavy atom. The van der Waals surface area contributed by atoms with E-state index in [1.807, 2.05) is 26.0 Å². The van der Waals surface area contributed by atoms with Crippen LogP contribution in [0.5, 0.6) is 0 Å². The van der Waals surface area contributed by atoms with E-state index in [2.05, 4.69) is 10.6 Å². The van der Waals surface area contributed by atoms with E-state index in [9.17, 15) is 9.59 Å². The van der Waals surface area contributed by atoms with Gasteiger partial charge in [-0.2, -0.15) is 0 Å². The lowest BCUT2D eigenvalue weighted by Crippen LogP contribution is -2.40. The minimum absolute atomic E-state index is 0.521. The van der Waals surface area contributed by atoms with E-state index in [1.165, 1.54) is 6.92 Å². The van der Waals surface area contributed by atoms with Crippen LogP contribution in [0.4, 0.5) is 10.5 Å². The Morgan fingerprint density at radius 1 is 1.29 bits per heavy atom. The van der Waals surface area contributed by atoms with Gasteiger partial charge in [0.1, 0.15) is 6.04 Å². The molecular weight excluding hydrogens is 220 g/mol. The standard InChI is InChI=1S/C12H16N2O3/c1-7-4-5-10(8(2)6-7)14-12(17)13-9(3)11(15)16/h4-6,9H,1-3H3,(H,15,16)(H2,13,14,17)/t9-/m1/s1. The van der Waals surface area contributed by atoms with Crippen molar-refractivity contribution in [2.24, 2.45) is 0 Å². The SMILES string of the molecule is Cc1ccc(NC(=O)N[C@H](C)C(=O)O)c(C)c1. The van der Waals surface area contributed by atoms with Gasteiger partial charge in [0.25, 0.3) is 0 Å². The van der Waals surface area contributed by atoms with E-state index >= 15 is 0 Å². The smallest absolute Gasteiger partial charge is 0.325 e.